The number of thiophene rings is 1. The summed E-state index contributed by atoms with van der Waals surface area (Å²) in [5.74, 6) is 0.440. The van der Waals surface area contributed by atoms with Crippen molar-refractivity contribution in [3.63, 3.8) is 0 Å². The molecule has 0 aromatic carbocycles. The summed E-state index contributed by atoms with van der Waals surface area (Å²) in [6, 6.07) is 1.74. The molecule has 5 nitrogen and oxygen atoms in total. The van der Waals surface area contributed by atoms with E-state index in [1.807, 2.05) is 7.05 Å². The Balaban J connectivity index is 2.31. The van der Waals surface area contributed by atoms with Crippen molar-refractivity contribution in [2.75, 3.05) is 27.2 Å². The fourth-order valence-electron chi connectivity index (χ4n) is 2.29. The van der Waals surface area contributed by atoms with Crippen molar-refractivity contribution in [3.05, 3.63) is 11.4 Å². The van der Waals surface area contributed by atoms with Crippen LogP contribution in [0.25, 0.3) is 0 Å². The van der Waals surface area contributed by atoms with Gasteiger partial charge in [0.15, 0.2) is 4.21 Å². The van der Waals surface area contributed by atoms with Crippen molar-refractivity contribution in [3.8, 4) is 5.75 Å². The first-order chi connectivity index (χ1) is 8.61. The molecule has 102 valence electrons. The average Bonchev–Trinajstić information content (AvgIpc) is 2.97. The number of sulfonamides is 1. The first-order valence-corrected chi connectivity index (χ1v) is 8.21. The van der Waals surface area contributed by atoms with E-state index in [0.717, 1.165) is 12.8 Å². The summed E-state index contributed by atoms with van der Waals surface area (Å²) in [5.41, 5.74) is 0. The lowest BCUT2D eigenvalue weighted by molar-refractivity contribution is 0.373. The molecule has 0 radical (unpaired) electrons. The normalized spacial score (nSPS) is 21.3. The number of methoxy groups -OCH3 is 1. The maximum absolute atomic E-state index is 12.6. The fraction of sp³-hybridized carbons (Fsp3) is 0.636. The summed E-state index contributed by atoms with van der Waals surface area (Å²) in [6.07, 6.45) is 1.83. The van der Waals surface area contributed by atoms with Crippen LogP contribution < -0.4 is 10.1 Å². The molecule has 0 amide bonds. The Morgan fingerprint density at radius 2 is 2.39 bits per heavy atom. The van der Waals surface area contributed by atoms with E-state index < -0.39 is 10.0 Å². The predicted molar refractivity (Wildman–Crippen MR) is 71.7 cm³/mol. The number of rotatable bonds is 5. The van der Waals surface area contributed by atoms with Crippen molar-refractivity contribution in [2.24, 2.45) is 0 Å². The maximum atomic E-state index is 12.6. The van der Waals surface area contributed by atoms with Crippen LogP contribution >= 0.6 is 11.3 Å². The highest BCUT2D eigenvalue weighted by molar-refractivity contribution is 7.91. The van der Waals surface area contributed by atoms with Crippen LogP contribution in [0.2, 0.25) is 0 Å². The molecule has 1 atom stereocenters. The van der Waals surface area contributed by atoms with Gasteiger partial charge in [-0.1, -0.05) is 0 Å². The van der Waals surface area contributed by atoms with Crippen LogP contribution in [-0.2, 0) is 10.0 Å². The molecule has 2 rings (SSSR count). The van der Waals surface area contributed by atoms with E-state index >= 15 is 0 Å². The molecule has 18 heavy (non-hydrogen) atoms. The highest BCUT2D eigenvalue weighted by Crippen LogP contribution is 2.35. The van der Waals surface area contributed by atoms with Crippen LogP contribution in [0.5, 0.6) is 5.75 Å². The minimum atomic E-state index is -3.42. The summed E-state index contributed by atoms with van der Waals surface area (Å²) in [6.45, 7) is 1.28. The Kier molecular flexibility index (Phi) is 4.26. The standard InChI is InChI=1S/C11H18N2O3S2/c1-12-8-9-4-3-6-13(9)18(14,15)11-10(16-2)5-7-17-11/h5,7,9,12H,3-4,6,8H2,1-2H3/t9-/m0/s1. The molecule has 0 saturated carbocycles. The van der Waals surface area contributed by atoms with Crippen LogP contribution in [0.3, 0.4) is 0 Å². The van der Waals surface area contributed by atoms with E-state index in [1.54, 1.807) is 15.8 Å². The van der Waals surface area contributed by atoms with Crippen LogP contribution in [0.15, 0.2) is 15.7 Å². The zero-order valence-electron chi connectivity index (χ0n) is 10.5. The van der Waals surface area contributed by atoms with Crippen LogP contribution in [0.4, 0.5) is 0 Å². The Morgan fingerprint density at radius 1 is 1.61 bits per heavy atom. The monoisotopic (exact) mass is 290 g/mol. The smallest absolute Gasteiger partial charge is 0.256 e. The molecule has 0 unspecified atom stereocenters. The van der Waals surface area contributed by atoms with Crippen molar-refractivity contribution >= 4 is 21.4 Å². The second-order valence-corrected chi connectivity index (χ2v) is 7.25. The Morgan fingerprint density at radius 3 is 3.06 bits per heavy atom. The first-order valence-electron chi connectivity index (χ1n) is 5.89. The summed E-state index contributed by atoms with van der Waals surface area (Å²) >= 11 is 1.21. The topological polar surface area (TPSA) is 58.6 Å². The number of likely N-dealkylation sites (N-methyl/N-ethyl adjacent to an activating group) is 1. The molecule has 1 aromatic heterocycles. The summed E-state index contributed by atoms with van der Waals surface area (Å²) < 4.78 is 32.2. The Hall–Kier alpha value is -0.630. The number of hydrogen-bond acceptors (Lipinski definition) is 5. The minimum Gasteiger partial charge on any atom is -0.494 e. The first kappa shape index (κ1) is 13.8. The summed E-state index contributed by atoms with van der Waals surface area (Å²) in [5, 5.41) is 4.80. The molecule has 1 N–H and O–H groups in total. The number of nitrogens with one attached hydrogen (secondary N) is 1. The lowest BCUT2D eigenvalue weighted by Gasteiger charge is -2.23. The summed E-state index contributed by atoms with van der Waals surface area (Å²) in [4.78, 5) is 0. The van der Waals surface area contributed by atoms with E-state index in [2.05, 4.69) is 5.32 Å². The molecule has 1 saturated heterocycles. The molecule has 1 aliphatic heterocycles. The van der Waals surface area contributed by atoms with Gasteiger partial charge in [0.1, 0.15) is 5.75 Å². The van der Waals surface area contributed by atoms with E-state index in [-0.39, 0.29) is 6.04 Å². The van der Waals surface area contributed by atoms with Gasteiger partial charge in [0.05, 0.1) is 7.11 Å². The van der Waals surface area contributed by atoms with Crippen LogP contribution in [0.1, 0.15) is 12.8 Å². The minimum absolute atomic E-state index is 0.0480. The van der Waals surface area contributed by atoms with Gasteiger partial charge in [-0.15, -0.1) is 11.3 Å². The van der Waals surface area contributed by atoms with Gasteiger partial charge in [0.25, 0.3) is 10.0 Å². The SMILES string of the molecule is CNC[C@@H]1CCCN1S(=O)(=O)c1sccc1OC. The van der Waals surface area contributed by atoms with Gasteiger partial charge in [0.2, 0.25) is 0 Å². The third kappa shape index (κ3) is 2.40. The van der Waals surface area contributed by atoms with Gasteiger partial charge >= 0.3 is 0 Å². The molecule has 1 fully saturated rings. The number of nitrogens with zero attached hydrogens (tertiary/aromatic N) is 1. The van der Waals surface area contributed by atoms with Crippen molar-refractivity contribution in [1.29, 1.82) is 0 Å². The predicted octanol–water partition coefficient (Wildman–Crippen LogP) is 1.13. The fourth-order valence-corrected chi connectivity index (χ4v) is 5.38. The van der Waals surface area contributed by atoms with Gasteiger partial charge in [-0.3, -0.25) is 0 Å². The molecule has 0 aliphatic carbocycles. The van der Waals surface area contributed by atoms with Crippen LogP contribution in [0, 0.1) is 0 Å². The molecule has 2 heterocycles. The molecular formula is C11H18N2O3S2. The van der Waals surface area contributed by atoms with Gasteiger partial charge in [0, 0.05) is 19.1 Å². The number of ether oxygens (including phenoxy) is 1. The Labute approximate surface area is 112 Å². The van der Waals surface area contributed by atoms with Gasteiger partial charge in [-0.05, 0) is 31.3 Å². The van der Waals surface area contributed by atoms with Gasteiger partial charge in [-0.2, -0.15) is 4.31 Å². The van der Waals surface area contributed by atoms with E-state index in [1.165, 1.54) is 18.4 Å². The highest BCUT2D eigenvalue weighted by atomic mass is 32.2. The zero-order valence-corrected chi connectivity index (χ0v) is 12.2. The van der Waals surface area contributed by atoms with Gasteiger partial charge in [-0.25, -0.2) is 8.42 Å². The molecule has 1 aromatic rings. The van der Waals surface area contributed by atoms with E-state index in [0.29, 0.717) is 23.0 Å². The third-order valence-corrected chi connectivity index (χ3v) is 6.50. The van der Waals surface area contributed by atoms with Crippen molar-refractivity contribution < 1.29 is 13.2 Å². The van der Waals surface area contributed by atoms with Crippen molar-refractivity contribution in [2.45, 2.75) is 23.1 Å². The molecule has 0 bridgehead atoms. The second-order valence-electron chi connectivity index (χ2n) is 4.25. The lowest BCUT2D eigenvalue weighted by atomic mass is 10.2. The van der Waals surface area contributed by atoms with Crippen LogP contribution in [-0.4, -0.2) is 46.0 Å². The van der Waals surface area contributed by atoms with Crippen molar-refractivity contribution in [1.82, 2.24) is 9.62 Å². The maximum Gasteiger partial charge on any atom is 0.256 e. The second kappa shape index (κ2) is 5.56. The molecular weight excluding hydrogens is 272 g/mol. The Bertz CT molecular complexity index is 498. The van der Waals surface area contributed by atoms with Gasteiger partial charge < -0.3 is 10.1 Å². The zero-order chi connectivity index (χ0) is 13.2. The van der Waals surface area contributed by atoms with E-state index in [4.69, 9.17) is 4.74 Å². The highest BCUT2D eigenvalue weighted by Gasteiger charge is 2.37. The van der Waals surface area contributed by atoms with E-state index in [9.17, 15) is 8.42 Å². The molecule has 0 spiro atoms. The summed E-state index contributed by atoms with van der Waals surface area (Å²) in [7, 11) is -0.0844. The number of hydrogen-bond donors (Lipinski definition) is 1. The average molecular weight is 290 g/mol. The lowest BCUT2D eigenvalue weighted by Crippen LogP contribution is -2.40. The largest absolute Gasteiger partial charge is 0.494 e. The quantitative estimate of drug-likeness (QED) is 0.883. The third-order valence-electron chi connectivity index (χ3n) is 3.12. The molecule has 7 heteroatoms. The molecule has 1 aliphatic rings.